The largest absolute Gasteiger partial charge is 0.452 e. The van der Waals surface area contributed by atoms with Crippen LogP contribution in [0.1, 0.15) is 40.7 Å². The van der Waals surface area contributed by atoms with Crippen molar-refractivity contribution in [2.75, 3.05) is 19.7 Å². The van der Waals surface area contributed by atoms with E-state index in [1.54, 1.807) is 25.1 Å². The number of hydrogen-bond acceptors (Lipinski definition) is 5. The van der Waals surface area contributed by atoms with Crippen LogP contribution in [0, 0.1) is 12.7 Å². The first-order valence-electron chi connectivity index (χ1n) is 10.1. The van der Waals surface area contributed by atoms with E-state index in [4.69, 9.17) is 4.74 Å². The monoisotopic (exact) mass is 448 g/mol. The van der Waals surface area contributed by atoms with Crippen LogP contribution in [-0.4, -0.2) is 44.3 Å². The number of sulfonamides is 1. The molecule has 166 valence electrons. The summed E-state index contributed by atoms with van der Waals surface area (Å²) in [5.41, 5.74) is 0.890. The van der Waals surface area contributed by atoms with Crippen LogP contribution in [0.5, 0.6) is 0 Å². The van der Waals surface area contributed by atoms with Gasteiger partial charge in [-0.1, -0.05) is 30.7 Å². The van der Waals surface area contributed by atoms with Crippen molar-refractivity contribution in [3.05, 3.63) is 65.0 Å². The van der Waals surface area contributed by atoms with Gasteiger partial charge in [0.25, 0.3) is 5.91 Å². The van der Waals surface area contributed by atoms with Gasteiger partial charge in [0.1, 0.15) is 5.82 Å². The Bertz CT molecular complexity index is 1070. The number of carbonyl (C=O) groups is 2. The van der Waals surface area contributed by atoms with Gasteiger partial charge in [0.05, 0.1) is 10.5 Å². The lowest BCUT2D eigenvalue weighted by atomic mass is 10.1. The lowest BCUT2D eigenvalue weighted by Crippen LogP contribution is -2.36. The van der Waals surface area contributed by atoms with Crippen LogP contribution in [0.2, 0.25) is 0 Å². The van der Waals surface area contributed by atoms with Crippen LogP contribution in [0.15, 0.2) is 47.4 Å². The van der Waals surface area contributed by atoms with E-state index in [0.29, 0.717) is 24.2 Å². The molecular formula is C22H25FN2O5S. The van der Waals surface area contributed by atoms with E-state index in [-0.39, 0.29) is 17.0 Å². The number of nitrogens with one attached hydrogen (secondary N) is 1. The zero-order chi connectivity index (χ0) is 22.4. The average Bonchev–Trinajstić information content (AvgIpc) is 2.77. The second kappa shape index (κ2) is 10.0. The number of hydrogen-bond donors (Lipinski definition) is 1. The normalized spacial score (nSPS) is 14.8. The summed E-state index contributed by atoms with van der Waals surface area (Å²) in [5.74, 6) is -1.84. The molecule has 0 saturated carbocycles. The van der Waals surface area contributed by atoms with E-state index < -0.39 is 34.3 Å². The summed E-state index contributed by atoms with van der Waals surface area (Å²) in [4.78, 5) is 24.4. The number of rotatable bonds is 7. The quantitative estimate of drug-likeness (QED) is 0.658. The highest BCUT2D eigenvalue weighted by Gasteiger charge is 2.28. The zero-order valence-electron chi connectivity index (χ0n) is 17.3. The Balaban J connectivity index is 1.62. The van der Waals surface area contributed by atoms with Crippen molar-refractivity contribution < 1.29 is 27.1 Å². The first-order valence-corrected chi connectivity index (χ1v) is 11.5. The van der Waals surface area contributed by atoms with Gasteiger partial charge in [0.2, 0.25) is 10.0 Å². The second-order valence-electron chi connectivity index (χ2n) is 7.39. The molecule has 2 aromatic carbocycles. The van der Waals surface area contributed by atoms with Crippen LogP contribution in [0.3, 0.4) is 0 Å². The zero-order valence-corrected chi connectivity index (χ0v) is 18.1. The molecule has 31 heavy (non-hydrogen) atoms. The van der Waals surface area contributed by atoms with Gasteiger partial charge in [-0.25, -0.2) is 17.6 Å². The summed E-state index contributed by atoms with van der Waals surface area (Å²) in [6, 6.07) is 10.3. The summed E-state index contributed by atoms with van der Waals surface area (Å²) in [6.45, 7) is 1.99. The van der Waals surface area contributed by atoms with Crippen LogP contribution < -0.4 is 5.32 Å². The van der Waals surface area contributed by atoms with Crippen LogP contribution >= 0.6 is 0 Å². The number of piperidine rings is 1. The van der Waals surface area contributed by atoms with Crippen LogP contribution in [0.25, 0.3) is 0 Å². The molecule has 1 N–H and O–H groups in total. The Morgan fingerprint density at radius 2 is 1.81 bits per heavy atom. The second-order valence-corrected chi connectivity index (χ2v) is 9.30. The Morgan fingerprint density at radius 1 is 1.10 bits per heavy atom. The Morgan fingerprint density at radius 3 is 2.52 bits per heavy atom. The minimum atomic E-state index is -3.71. The molecular weight excluding hydrogens is 423 g/mol. The maximum absolute atomic E-state index is 13.6. The Kier molecular flexibility index (Phi) is 7.40. The molecule has 1 heterocycles. The molecule has 0 atom stereocenters. The lowest BCUT2D eigenvalue weighted by Gasteiger charge is -2.26. The highest BCUT2D eigenvalue weighted by Crippen LogP contribution is 2.24. The summed E-state index contributed by atoms with van der Waals surface area (Å²) in [5, 5.41) is 2.48. The van der Waals surface area contributed by atoms with Gasteiger partial charge in [-0.2, -0.15) is 4.31 Å². The van der Waals surface area contributed by atoms with Crippen molar-refractivity contribution >= 4 is 21.9 Å². The number of carbonyl (C=O) groups excluding carboxylic acids is 2. The molecule has 0 aromatic heterocycles. The molecule has 1 amide bonds. The number of ether oxygens (including phenoxy) is 1. The van der Waals surface area contributed by atoms with Gasteiger partial charge in [-0.15, -0.1) is 0 Å². The fraction of sp³-hybridized carbons (Fsp3) is 0.364. The number of halogens is 1. The first kappa shape index (κ1) is 22.9. The third-order valence-corrected chi connectivity index (χ3v) is 7.17. The van der Waals surface area contributed by atoms with Gasteiger partial charge in [-0.05, 0) is 43.5 Å². The van der Waals surface area contributed by atoms with E-state index >= 15 is 0 Å². The number of amides is 1. The Labute approximate surface area is 181 Å². The molecule has 0 radical (unpaired) electrons. The maximum atomic E-state index is 13.6. The fourth-order valence-electron chi connectivity index (χ4n) is 3.35. The topological polar surface area (TPSA) is 92.8 Å². The van der Waals surface area contributed by atoms with E-state index in [9.17, 15) is 22.4 Å². The minimum Gasteiger partial charge on any atom is -0.452 e. The van der Waals surface area contributed by atoms with Crippen LogP contribution in [0.4, 0.5) is 4.39 Å². The predicted octanol–water partition coefficient (Wildman–Crippen LogP) is 2.78. The molecule has 0 aliphatic carbocycles. The van der Waals surface area contributed by atoms with Gasteiger partial charge >= 0.3 is 5.97 Å². The van der Waals surface area contributed by atoms with E-state index in [0.717, 1.165) is 19.3 Å². The minimum absolute atomic E-state index is 0.0359. The number of esters is 1. The van der Waals surface area contributed by atoms with Crippen molar-refractivity contribution in [1.29, 1.82) is 0 Å². The molecule has 2 aromatic rings. The third kappa shape index (κ3) is 5.68. The fourth-order valence-corrected chi connectivity index (χ4v) is 5.12. The predicted molar refractivity (Wildman–Crippen MR) is 112 cm³/mol. The molecule has 1 saturated heterocycles. The maximum Gasteiger partial charge on any atom is 0.338 e. The highest BCUT2D eigenvalue weighted by atomic mass is 32.2. The highest BCUT2D eigenvalue weighted by molar-refractivity contribution is 7.89. The SMILES string of the molecule is Cc1ccc(C(=O)OCC(=O)NCc2ccccc2F)cc1S(=O)(=O)N1CCCCC1. The van der Waals surface area contributed by atoms with Crippen molar-refractivity contribution in [3.8, 4) is 0 Å². The molecule has 0 bridgehead atoms. The molecule has 3 rings (SSSR count). The third-order valence-electron chi connectivity index (χ3n) is 5.12. The van der Waals surface area contributed by atoms with Gasteiger partial charge in [-0.3, -0.25) is 4.79 Å². The number of aryl methyl sites for hydroxylation is 1. The van der Waals surface area contributed by atoms with E-state index in [1.807, 2.05) is 0 Å². The smallest absolute Gasteiger partial charge is 0.338 e. The molecule has 1 fully saturated rings. The molecule has 0 spiro atoms. The number of nitrogens with zero attached hydrogens (tertiary/aromatic N) is 1. The summed E-state index contributed by atoms with van der Waals surface area (Å²) in [7, 11) is -3.71. The average molecular weight is 449 g/mol. The number of benzene rings is 2. The summed E-state index contributed by atoms with van der Waals surface area (Å²) < 4.78 is 46.0. The first-order chi connectivity index (χ1) is 14.8. The summed E-state index contributed by atoms with van der Waals surface area (Å²) >= 11 is 0. The summed E-state index contributed by atoms with van der Waals surface area (Å²) in [6.07, 6.45) is 2.61. The van der Waals surface area contributed by atoms with Crippen molar-refractivity contribution in [3.63, 3.8) is 0 Å². The molecule has 7 nitrogen and oxygen atoms in total. The van der Waals surface area contributed by atoms with Crippen molar-refractivity contribution in [2.45, 2.75) is 37.6 Å². The lowest BCUT2D eigenvalue weighted by molar-refractivity contribution is -0.124. The Hall–Kier alpha value is -2.78. The standard InChI is InChI=1S/C22H25FN2O5S/c1-16-9-10-17(13-20(16)31(28,29)25-11-5-2-6-12-25)22(27)30-15-21(26)24-14-18-7-3-4-8-19(18)23/h3-4,7-10,13H,2,5-6,11-12,14-15H2,1H3,(H,24,26). The van der Waals surface area contributed by atoms with Crippen LogP contribution in [-0.2, 0) is 26.1 Å². The van der Waals surface area contributed by atoms with Gasteiger partial charge < -0.3 is 10.1 Å². The van der Waals surface area contributed by atoms with Gasteiger partial charge in [0, 0.05) is 25.2 Å². The van der Waals surface area contributed by atoms with Gasteiger partial charge in [0.15, 0.2) is 6.61 Å². The van der Waals surface area contributed by atoms with E-state index in [2.05, 4.69) is 5.32 Å². The van der Waals surface area contributed by atoms with Crippen molar-refractivity contribution in [1.82, 2.24) is 9.62 Å². The molecule has 1 aliphatic rings. The molecule has 9 heteroatoms. The van der Waals surface area contributed by atoms with Crippen molar-refractivity contribution in [2.24, 2.45) is 0 Å². The van der Waals surface area contributed by atoms with E-state index in [1.165, 1.54) is 28.6 Å². The molecule has 0 unspecified atom stereocenters. The molecule has 1 aliphatic heterocycles.